The van der Waals surface area contributed by atoms with Gasteiger partial charge in [-0.15, -0.1) is 0 Å². The fraction of sp³-hybridized carbons (Fsp3) is 0.263. The minimum Gasteiger partial charge on any atom is -0.324 e. The molecular formula is C19H19F3N2O2. The number of carbonyl (C=O) groups excluding carboxylic acids is 2. The highest BCUT2D eigenvalue weighted by atomic mass is 19.4. The van der Waals surface area contributed by atoms with Gasteiger partial charge in [-0.25, -0.2) is 0 Å². The van der Waals surface area contributed by atoms with Crippen molar-refractivity contribution in [3.05, 3.63) is 59.2 Å². The number of aryl methyl sites for hydroxylation is 2. The van der Waals surface area contributed by atoms with E-state index in [-0.39, 0.29) is 18.1 Å². The summed E-state index contributed by atoms with van der Waals surface area (Å²) in [5.74, 6) is -1.09. The molecule has 0 heterocycles. The molecule has 0 fully saturated rings. The number of halogens is 3. The smallest absolute Gasteiger partial charge is 0.324 e. The van der Waals surface area contributed by atoms with Crippen LogP contribution in [0.2, 0.25) is 0 Å². The molecule has 0 saturated carbocycles. The second-order valence-corrected chi connectivity index (χ2v) is 5.99. The summed E-state index contributed by atoms with van der Waals surface area (Å²) in [4.78, 5) is 25.5. The van der Waals surface area contributed by atoms with Gasteiger partial charge in [0.1, 0.15) is 6.54 Å². The van der Waals surface area contributed by atoms with Crippen molar-refractivity contribution in [3.63, 3.8) is 0 Å². The number of alkyl halides is 3. The van der Waals surface area contributed by atoms with Gasteiger partial charge in [0.15, 0.2) is 0 Å². The maximum absolute atomic E-state index is 13.0. The Balaban J connectivity index is 2.24. The van der Waals surface area contributed by atoms with Crippen molar-refractivity contribution in [2.24, 2.45) is 0 Å². The van der Waals surface area contributed by atoms with Gasteiger partial charge >= 0.3 is 6.18 Å². The molecule has 0 radical (unpaired) electrons. The lowest BCUT2D eigenvalue weighted by molar-refractivity contribution is -0.137. The normalized spacial score (nSPS) is 11.2. The average Bonchev–Trinajstić information content (AvgIpc) is 2.52. The number of rotatable bonds is 4. The van der Waals surface area contributed by atoms with Gasteiger partial charge < -0.3 is 10.2 Å². The zero-order valence-corrected chi connectivity index (χ0v) is 14.6. The predicted molar refractivity (Wildman–Crippen MR) is 94.0 cm³/mol. The van der Waals surface area contributed by atoms with E-state index in [0.717, 1.165) is 17.2 Å². The molecule has 2 amide bonds. The summed E-state index contributed by atoms with van der Waals surface area (Å²) >= 11 is 0. The van der Waals surface area contributed by atoms with Crippen molar-refractivity contribution in [1.82, 2.24) is 0 Å². The first-order chi connectivity index (χ1) is 12.1. The lowest BCUT2D eigenvalue weighted by Crippen LogP contribution is -2.37. The van der Waals surface area contributed by atoms with E-state index in [1.165, 1.54) is 30.0 Å². The van der Waals surface area contributed by atoms with Crippen molar-refractivity contribution >= 4 is 23.2 Å². The largest absolute Gasteiger partial charge is 0.418 e. The fourth-order valence-electron chi connectivity index (χ4n) is 2.65. The monoisotopic (exact) mass is 364 g/mol. The SMILES string of the molecule is CC(=O)N(CC(=O)Nc1ccccc1C(F)(F)F)c1ccc(C)cc1C. The number of benzene rings is 2. The number of hydrogen-bond donors (Lipinski definition) is 1. The third-order valence-electron chi connectivity index (χ3n) is 3.83. The Morgan fingerprint density at radius 1 is 1.08 bits per heavy atom. The van der Waals surface area contributed by atoms with Crippen LogP contribution in [0.25, 0.3) is 0 Å². The van der Waals surface area contributed by atoms with Gasteiger partial charge in [-0.2, -0.15) is 13.2 Å². The van der Waals surface area contributed by atoms with Crippen LogP contribution in [-0.2, 0) is 15.8 Å². The lowest BCUT2D eigenvalue weighted by Gasteiger charge is -2.23. The second kappa shape index (κ2) is 7.59. The molecule has 0 saturated heterocycles. The number of para-hydroxylation sites is 1. The van der Waals surface area contributed by atoms with E-state index in [4.69, 9.17) is 0 Å². The summed E-state index contributed by atoms with van der Waals surface area (Å²) in [5, 5.41) is 2.25. The van der Waals surface area contributed by atoms with Crippen LogP contribution in [0.3, 0.4) is 0 Å². The molecule has 2 aromatic carbocycles. The fourth-order valence-corrected chi connectivity index (χ4v) is 2.65. The van der Waals surface area contributed by atoms with Gasteiger partial charge in [0.25, 0.3) is 0 Å². The Bertz CT molecular complexity index is 832. The molecule has 2 aromatic rings. The molecule has 0 aliphatic heterocycles. The van der Waals surface area contributed by atoms with E-state index in [1.807, 2.05) is 13.0 Å². The Morgan fingerprint density at radius 2 is 1.73 bits per heavy atom. The molecule has 0 atom stereocenters. The van der Waals surface area contributed by atoms with Crippen molar-refractivity contribution in [3.8, 4) is 0 Å². The molecule has 0 unspecified atom stereocenters. The number of nitrogens with one attached hydrogen (secondary N) is 1. The van der Waals surface area contributed by atoms with E-state index in [1.54, 1.807) is 19.1 Å². The third-order valence-corrected chi connectivity index (χ3v) is 3.83. The third kappa shape index (κ3) is 4.62. The molecule has 0 bridgehead atoms. The molecule has 1 N–H and O–H groups in total. The van der Waals surface area contributed by atoms with Crippen LogP contribution in [0.15, 0.2) is 42.5 Å². The van der Waals surface area contributed by atoms with Crippen LogP contribution in [0.1, 0.15) is 23.6 Å². The molecule has 26 heavy (non-hydrogen) atoms. The van der Waals surface area contributed by atoms with Gasteiger partial charge in [-0.1, -0.05) is 29.8 Å². The zero-order valence-electron chi connectivity index (χ0n) is 14.6. The van der Waals surface area contributed by atoms with Crippen molar-refractivity contribution in [2.75, 3.05) is 16.8 Å². The van der Waals surface area contributed by atoms with E-state index in [0.29, 0.717) is 5.69 Å². The van der Waals surface area contributed by atoms with Crippen LogP contribution in [-0.4, -0.2) is 18.4 Å². The average molecular weight is 364 g/mol. The quantitative estimate of drug-likeness (QED) is 0.879. The summed E-state index contributed by atoms with van der Waals surface area (Å²) in [7, 11) is 0. The highest BCUT2D eigenvalue weighted by molar-refractivity contribution is 6.02. The van der Waals surface area contributed by atoms with E-state index < -0.39 is 17.6 Å². The van der Waals surface area contributed by atoms with Gasteiger partial charge in [-0.3, -0.25) is 9.59 Å². The first-order valence-electron chi connectivity index (χ1n) is 7.91. The molecular weight excluding hydrogens is 345 g/mol. The maximum atomic E-state index is 13.0. The van der Waals surface area contributed by atoms with Crippen molar-refractivity contribution < 1.29 is 22.8 Å². The lowest BCUT2D eigenvalue weighted by atomic mass is 10.1. The number of hydrogen-bond acceptors (Lipinski definition) is 2. The zero-order chi connectivity index (χ0) is 19.5. The molecule has 138 valence electrons. The molecule has 0 spiro atoms. The van der Waals surface area contributed by atoms with Gasteiger partial charge in [0.2, 0.25) is 11.8 Å². The van der Waals surface area contributed by atoms with E-state index in [9.17, 15) is 22.8 Å². The van der Waals surface area contributed by atoms with Crippen LogP contribution < -0.4 is 10.2 Å². The van der Waals surface area contributed by atoms with E-state index in [2.05, 4.69) is 5.32 Å². The van der Waals surface area contributed by atoms with Crippen molar-refractivity contribution in [2.45, 2.75) is 26.9 Å². The Labute approximate surface area is 149 Å². The van der Waals surface area contributed by atoms with Crippen LogP contribution in [0, 0.1) is 13.8 Å². The molecule has 4 nitrogen and oxygen atoms in total. The Hall–Kier alpha value is -2.83. The van der Waals surface area contributed by atoms with Crippen LogP contribution >= 0.6 is 0 Å². The Morgan fingerprint density at radius 3 is 2.31 bits per heavy atom. The summed E-state index contributed by atoms with van der Waals surface area (Å²) in [6.45, 7) is 4.62. The Kier molecular flexibility index (Phi) is 5.69. The minimum absolute atomic E-state index is 0.339. The number of carbonyl (C=O) groups is 2. The molecule has 0 aliphatic rings. The van der Waals surface area contributed by atoms with E-state index >= 15 is 0 Å². The van der Waals surface area contributed by atoms with Crippen LogP contribution in [0.4, 0.5) is 24.5 Å². The molecule has 0 aliphatic carbocycles. The second-order valence-electron chi connectivity index (χ2n) is 5.99. The summed E-state index contributed by atoms with van der Waals surface area (Å²) in [6.07, 6.45) is -4.59. The standard InChI is InChI=1S/C19H19F3N2O2/c1-12-8-9-17(13(2)10-12)24(14(3)25)11-18(26)23-16-7-5-4-6-15(16)19(20,21)22/h4-10H,11H2,1-3H3,(H,23,26). The first-order valence-corrected chi connectivity index (χ1v) is 7.91. The maximum Gasteiger partial charge on any atom is 0.418 e. The summed E-state index contributed by atoms with van der Waals surface area (Å²) in [5.41, 5.74) is 1.06. The molecule has 7 heteroatoms. The first kappa shape index (κ1) is 19.5. The number of amides is 2. The minimum atomic E-state index is -4.59. The van der Waals surface area contributed by atoms with Gasteiger partial charge in [-0.05, 0) is 37.6 Å². The number of anilines is 2. The highest BCUT2D eigenvalue weighted by Gasteiger charge is 2.33. The summed E-state index contributed by atoms with van der Waals surface area (Å²) < 4.78 is 39.1. The highest BCUT2D eigenvalue weighted by Crippen LogP contribution is 2.34. The molecule has 0 aromatic heterocycles. The topological polar surface area (TPSA) is 49.4 Å². The van der Waals surface area contributed by atoms with Crippen molar-refractivity contribution in [1.29, 1.82) is 0 Å². The summed E-state index contributed by atoms with van der Waals surface area (Å²) in [6, 6.07) is 10.1. The van der Waals surface area contributed by atoms with Gasteiger partial charge in [0.05, 0.1) is 11.3 Å². The predicted octanol–water partition coefficient (Wildman–Crippen LogP) is 4.31. The number of nitrogens with zero attached hydrogens (tertiary/aromatic N) is 1. The van der Waals surface area contributed by atoms with Crippen LogP contribution in [0.5, 0.6) is 0 Å². The van der Waals surface area contributed by atoms with Gasteiger partial charge in [0, 0.05) is 12.6 Å². The molecule has 2 rings (SSSR count).